The molecule has 28 heavy (non-hydrogen) atoms. The van der Waals surface area contributed by atoms with Gasteiger partial charge < -0.3 is 14.8 Å². The standard InChI is InChI=1S/C20H22Cl2N2O4/c1-12(27-16-7-5-6-15(21)17(16)22)18(25)23-13-8-10-14(11-9-13)24-19(26)28-20(2,3)4/h5-12H,1-4H3,(H,23,25)(H,24,26). The summed E-state index contributed by atoms with van der Waals surface area (Å²) in [6.07, 6.45) is -1.35. The molecule has 1 unspecified atom stereocenters. The van der Waals surface area contributed by atoms with Gasteiger partial charge in [0.05, 0.1) is 5.02 Å². The van der Waals surface area contributed by atoms with Crippen LogP contribution in [0.3, 0.4) is 0 Å². The molecule has 2 rings (SSSR count). The summed E-state index contributed by atoms with van der Waals surface area (Å²) in [6.45, 7) is 6.95. The normalized spacial score (nSPS) is 12.1. The van der Waals surface area contributed by atoms with Crippen molar-refractivity contribution in [3.8, 4) is 5.75 Å². The highest BCUT2D eigenvalue weighted by Gasteiger charge is 2.18. The third kappa shape index (κ3) is 6.62. The van der Waals surface area contributed by atoms with Crippen molar-refractivity contribution in [2.24, 2.45) is 0 Å². The molecule has 150 valence electrons. The lowest BCUT2D eigenvalue weighted by Crippen LogP contribution is -2.30. The van der Waals surface area contributed by atoms with Gasteiger partial charge in [0.15, 0.2) is 6.10 Å². The number of benzene rings is 2. The fourth-order valence-corrected chi connectivity index (χ4v) is 2.46. The summed E-state index contributed by atoms with van der Waals surface area (Å²) >= 11 is 12.0. The van der Waals surface area contributed by atoms with E-state index in [0.717, 1.165) is 0 Å². The lowest BCUT2D eigenvalue weighted by molar-refractivity contribution is -0.122. The van der Waals surface area contributed by atoms with Crippen LogP contribution in [0.5, 0.6) is 5.75 Å². The third-order valence-corrected chi connectivity index (χ3v) is 4.19. The topological polar surface area (TPSA) is 76.7 Å². The van der Waals surface area contributed by atoms with Gasteiger partial charge in [-0.3, -0.25) is 10.1 Å². The van der Waals surface area contributed by atoms with Gasteiger partial charge in [-0.15, -0.1) is 0 Å². The summed E-state index contributed by atoms with van der Waals surface area (Å²) in [6, 6.07) is 11.6. The Morgan fingerprint density at radius 2 is 1.54 bits per heavy atom. The summed E-state index contributed by atoms with van der Waals surface area (Å²) in [4.78, 5) is 24.1. The van der Waals surface area contributed by atoms with Crippen molar-refractivity contribution in [2.75, 3.05) is 10.6 Å². The zero-order chi connectivity index (χ0) is 20.9. The number of hydrogen-bond donors (Lipinski definition) is 2. The van der Waals surface area contributed by atoms with E-state index in [1.54, 1.807) is 70.2 Å². The monoisotopic (exact) mass is 424 g/mol. The number of halogens is 2. The molecule has 2 amide bonds. The maximum atomic E-state index is 12.3. The number of carbonyl (C=O) groups is 2. The van der Waals surface area contributed by atoms with Crippen LogP contribution in [-0.2, 0) is 9.53 Å². The number of ether oxygens (including phenoxy) is 2. The van der Waals surface area contributed by atoms with E-state index < -0.39 is 17.8 Å². The fraction of sp³-hybridized carbons (Fsp3) is 0.300. The Bertz CT molecular complexity index is 848. The Labute approximate surface area is 174 Å². The number of amides is 2. The first kappa shape index (κ1) is 21.9. The highest BCUT2D eigenvalue weighted by Crippen LogP contribution is 2.32. The summed E-state index contributed by atoms with van der Waals surface area (Å²) in [7, 11) is 0. The van der Waals surface area contributed by atoms with Gasteiger partial charge in [-0.1, -0.05) is 29.3 Å². The van der Waals surface area contributed by atoms with Crippen molar-refractivity contribution in [2.45, 2.75) is 39.4 Å². The van der Waals surface area contributed by atoms with Gasteiger partial charge in [0.1, 0.15) is 16.4 Å². The van der Waals surface area contributed by atoms with Gasteiger partial charge in [-0.25, -0.2) is 4.79 Å². The largest absolute Gasteiger partial charge is 0.479 e. The van der Waals surface area contributed by atoms with Gasteiger partial charge in [0, 0.05) is 11.4 Å². The van der Waals surface area contributed by atoms with Gasteiger partial charge in [-0.05, 0) is 64.1 Å². The number of hydrogen-bond acceptors (Lipinski definition) is 4. The third-order valence-electron chi connectivity index (χ3n) is 3.39. The SMILES string of the molecule is CC(Oc1cccc(Cl)c1Cl)C(=O)Nc1ccc(NC(=O)OC(C)(C)C)cc1. The maximum Gasteiger partial charge on any atom is 0.412 e. The van der Waals surface area contributed by atoms with Crippen molar-refractivity contribution < 1.29 is 19.1 Å². The van der Waals surface area contributed by atoms with E-state index >= 15 is 0 Å². The second-order valence-corrected chi connectivity index (χ2v) is 7.79. The van der Waals surface area contributed by atoms with Crippen LogP contribution >= 0.6 is 23.2 Å². The molecule has 0 aliphatic carbocycles. The average molecular weight is 425 g/mol. The minimum absolute atomic E-state index is 0.251. The summed E-state index contributed by atoms with van der Waals surface area (Å²) < 4.78 is 10.8. The first-order valence-corrected chi connectivity index (χ1v) is 9.32. The van der Waals surface area contributed by atoms with Gasteiger partial charge in [0.2, 0.25) is 0 Å². The van der Waals surface area contributed by atoms with Crippen molar-refractivity contribution in [3.63, 3.8) is 0 Å². The molecule has 0 heterocycles. The van der Waals surface area contributed by atoms with E-state index in [1.807, 2.05) is 0 Å². The predicted molar refractivity (Wildman–Crippen MR) is 111 cm³/mol. The van der Waals surface area contributed by atoms with Crippen molar-refractivity contribution in [1.82, 2.24) is 0 Å². The van der Waals surface area contributed by atoms with E-state index in [-0.39, 0.29) is 10.9 Å². The van der Waals surface area contributed by atoms with Crippen LogP contribution in [0.2, 0.25) is 10.0 Å². The molecule has 0 aromatic heterocycles. The Kier molecular flexibility index (Phi) is 7.16. The second-order valence-electron chi connectivity index (χ2n) is 7.01. The van der Waals surface area contributed by atoms with Crippen molar-refractivity contribution in [1.29, 1.82) is 0 Å². The second kappa shape index (κ2) is 9.17. The van der Waals surface area contributed by atoms with Crippen LogP contribution in [0.15, 0.2) is 42.5 Å². The molecule has 8 heteroatoms. The molecule has 0 saturated heterocycles. The van der Waals surface area contributed by atoms with Gasteiger partial charge in [-0.2, -0.15) is 0 Å². The number of nitrogens with one attached hydrogen (secondary N) is 2. The van der Waals surface area contributed by atoms with E-state index in [4.69, 9.17) is 32.7 Å². The summed E-state index contributed by atoms with van der Waals surface area (Å²) in [5.41, 5.74) is 0.509. The predicted octanol–water partition coefficient (Wildman–Crippen LogP) is 5.75. The zero-order valence-electron chi connectivity index (χ0n) is 16.0. The Hall–Kier alpha value is -2.44. The molecule has 1 atom stereocenters. The first-order chi connectivity index (χ1) is 13.0. The molecule has 6 nitrogen and oxygen atoms in total. The number of rotatable bonds is 5. The Morgan fingerprint density at radius 1 is 0.964 bits per heavy atom. The number of anilines is 2. The van der Waals surface area contributed by atoms with E-state index in [9.17, 15) is 9.59 Å². The molecule has 0 spiro atoms. The van der Waals surface area contributed by atoms with Crippen LogP contribution < -0.4 is 15.4 Å². The molecule has 0 fully saturated rings. The van der Waals surface area contributed by atoms with Crippen LogP contribution in [-0.4, -0.2) is 23.7 Å². The van der Waals surface area contributed by atoms with E-state index in [1.165, 1.54) is 0 Å². The molecule has 0 aliphatic heterocycles. The van der Waals surface area contributed by atoms with E-state index in [0.29, 0.717) is 22.1 Å². The van der Waals surface area contributed by atoms with Crippen LogP contribution in [0, 0.1) is 0 Å². The molecule has 0 radical (unpaired) electrons. The molecule has 2 aromatic rings. The molecular formula is C20H22Cl2N2O4. The molecule has 2 aromatic carbocycles. The number of carbonyl (C=O) groups excluding carboxylic acids is 2. The van der Waals surface area contributed by atoms with Crippen LogP contribution in [0.4, 0.5) is 16.2 Å². The molecular weight excluding hydrogens is 403 g/mol. The minimum atomic E-state index is -0.796. The summed E-state index contributed by atoms with van der Waals surface area (Å²) in [5, 5.41) is 5.95. The fourth-order valence-electron chi connectivity index (χ4n) is 2.12. The quantitative estimate of drug-likeness (QED) is 0.640. The zero-order valence-corrected chi connectivity index (χ0v) is 17.5. The Balaban J connectivity index is 1.93. The minimum Gasteiger partial charge on any atom is -0.479 e. The van der Waals surface area contributed by atoms with Gasteiger partial charge in [0.25, 0.3) is 5.91 Å². The Morgan fingerprint density at radius 3 is 2.11 bits per heavy atom. The van der Waals surface area contributed by atoms with Gasteiger partial charge >= 0.3 is 6.09 Å². The highest BCUT2D eigenvalue weighted by molar-refractivity contribution is 6.42. The lowest BCUT2D eigenvalue weighted by atomic mass is 10.2. The van der Waals surface area contributed by atoms with E-state index in [2.05, 4.69) is 10.6 Å². The van der Waals surface area contributed by atoms with Crippen molar-refractivity contribution >= 4 is 46.6 Å². The smallest absolute Gasteiger partial charge is 0.412 e. The maximum absolute atomic E-state index is 12.3. The molecule has 0 saturated carbocycles. The van der Waals surface area contributed by atoms with Crippen LogP contribution in [0.25, 0.3) is 0 Å². The highest BCUT2D eigenvalue weighted by atomic mass is 35.5. The van der Waals surface area contributed by atoms with Crippen LogP contribution in [0.1, 0.15) is 27.7 Å². The first-order valence-electron chi connectivity index (χ1n) is 8.57. The van der Waals surface area contributed by atoms with Crippen molar-refractivity contribution in [3.05, 3.63) is 52.5 Å². The summed E-state index contributed by atoms with van der Waals surface area (Å²) in [5.74, 6) is -0.0300. The molecule has 0 aliphatic rings. The lowest BCUT2D eigenvalue weighted by Gasteiger charge is -2.19. The average Bonchev–Trinajstić information content (AvgIpc) is 2.59. The molecule has 0 bridgehead atoms. The molecule has 2 N–H and O–H groups in total.